The van der Waals surface area contributed by atoms with E-state index in [0.717, 1.165) is 104 Å². The van der Waals surface area contributed by atoms with Gasteiger partial charge in [0.2, 0.25) is 5.91 Å². The fourth-order valence-electron chi connectivity index (χ4n) is 13.6. The molecular formula is C59H82N10O6. The molecule has 6 fully saturated rings. The van der Waals surface area contributed by atoms with Crippen LogP contribution in [-0.4, -0.2) is 156 Å². The Hall–Kier alpha value is -5.13. The van der Waals surface area contributed by atoms with Gasteiger partial charge in [0.05, 0.1) is 54.7 Å². The number of carbonyl (C=O) groups excluding carboxylic acids is 3. The zero-order chi connectivity index (χ0) is 52.1. The SMILES string of the molecule is CCn1c(-c2cc(N3CCN(C4CC4)CC3)cnc2[C@H](C)OC)c2c3cc(ccc31)N1CCO[C@@H](C[C@H](NC(=O)[C@H](C(C)C)N3CCC[C@H]3[C@@H]3C[C@H]3c3cccnc3)C(=O)N3CCC[C@H](N3)C(=O)OCC(C)(C)C2)C1. The summed E-state index contributed by atoms with van der Waals surface area (Å²) in [4.78, 5) is 63.8. The van der Waals surface area contributed by atoms with E-state index in [4.69, 9.17) is 19.2 Å². The predicted molar refractivity (Wildman–Crippen MR) is 291 cm³/mol. The van der Waals surface area contributed by atoms with Crippen molar-refractivity contribution in [3.63, 3.8) is 0 Å². The number of fused-ring (bicyclic) bond motifs is 6. The number of likely N-dealkylation sites (tertiary alicyclic amines) is 1. The average Bonchev–Trinajstić information content (AvgIpc) is 4.37. The molecular weight excluding hydrogens is 945 g/mol. The van der Waals surface area contributed by atoms with Crippen molar-refractivity contribution in [2.75, 3.05) is 82.5 Å². The molecule has 0 spiro atoms. The number of cyclic esters (lactones) is 1. The van der Waals surface area contributed by atoms with Gasteiger partial charge < -0.3 is 33.9 Å². The van der Waals surface area contributed by atoms with Gasteiger partial charge in [0.1, 0.15) is 12.1 Å². The molecule has 2 saturated carbocycles. The van der Waals surface area contributed by atoms with Crippen molar-refractivity contribution in [2.45, 2.75) is 154 Å². The number of nitrogens with zero attached hydrogens (tertiary/aromatic N) is 8. The molecule has 7 aliphatic rings. The number of hydrogen-bond donors (Lipinski definition) is 2. The molecule has 8 atom stereocenters. The van der Waals surface area contributed by atoms with Crippen molar-refractivity contribution in [3.05, 3.63) is 71.8 Å². The first-order valence-electron chi connectivity index (χ1n) is 28.5. The van der Waals surface area contributed by atoms with Crippen LogP contribution in [-0.2, 0) is 41.6 Å². The first-order valence-corrected chi connectivity index (χ1v) is 28.5. The topological polar surface area (TPSA) is 150 Å². The van der Waals surface area contributed by atoms with E-state index in [9.17, 15) is 14.4 Å². The molecule has 2 N–H and O–H groups in total. The smallest absolute Gasteiger partial charge is 0.324 e. The third-order valence-electron chi connectivity index (χ3n) is 17.8. The molecule has 2 amide bonds. The number of nitrogens with one attached hydrogen (secondary N) is 2. The van der Waals surface area contributed by atoms with Crippen LogP contribution in [0.4, 0.5) is 11.4 Å². The first kappa shape index (κ1) is 51.9. The summed E-state index contributed by atoms with van der Waals surface area (Å²) in [7, 11) is 1.75. The third kappa shape index (κ3) is 10.8. The number of hydrazine groups is 1. The number of piperazine rings is 1. The lowest BCUT2D eigenvalue weighted by Crippen LogP contribution is -2.62. The van der Waals surface area contributed by atoms with Crippen LogP contribution in [0.15, 0.2) is 55.0 Å². The minimum absolute atomic E-state index is 0.0132. The molecule has 75 heavy (non-hydrogen) atoms. The quantitative estimate of drug-likeness (QED) is 0.139. The molecule has 16 heteroatoms. The molecule has 6 bridgehead atoms. The third-order valence-corrected chi connectivity index (χ3v) is 17.8. The van der Waals surface area contributed by atoms with Crippen molar-refractivity contribution in [2.24, 2.45) is 17.3 Å². The van der Waals surface area contributed by atoms with E-state index in [0.29, 0.717) is 57.3 Å². The maximum atomic E-state index is 15.0. The van der Waals surface area contributed by atoms with Crippen molar-refractivity contribution >= 4 is 40.1 Å². The van der Waals surface area contributed by atoms with Gasteiger partial charge in [0.15, 0.2) is 0 Å². The molecule has 11 rings (SSSR count). The number of ether oxygens (including phenoxy) is 3. The second-order valence-corrected chi connectivity index (χ2v) is 24.0. The van der Waals surface area contributed by atoms with Crippen LogP contribution in [0.2, 0.25) is 0 Å². The highest BCUT2D eigenvalue weighted by Crippen LogP contribution is 2.53. The van der Waals surface area contributed by atoms with E-state index in [1.807, 2.05) is 24.7 Å². The van der Waals surface area contributed by atoms with E-state index in [1.165, 1.54) is 24.0 Å². The van der Waals surface area contributed by atoms with Crippen LogP contribution in [0.5, 0.6) is 0 Å². The Labute approximate surface area is 444 Å². The van der Waals surface area contributed by atoms with Crippen LogP contribution in [0.3, 0.4) is 0 Å². The maximum Gasteiger partial charge on any atom is 0.324 e. The van der Waals surface area contributed by atoms with Crippen LogP contribution in [0.25, 0.3) is 22.2 Å². The highest BCUT2D eigenvalue weighted by Gasteiger charge is 2.51. The molecule has 16 nitrogen and oxygen atoms in total. The summed E-state index contributed by atoms with van der Waals surface area (Å²) in [6, 6.07) is 12.4. The lowest BCUT2D eigenvalue weighted by Gasteiger charge is -2.40. The van der Waals surface area contributed by atoms with Crippen molar-refractivity contribution in [3.8, 4) is 11.3 Å². The largest absolute Gasteiger partial charge is 0.464 e. The maximum absolute atomic E-state index is 15.0. The molecule has 0 unspecified atom stereocenters. The summed E-state index contributed by atoms with van der Waals surface area (Å²) in [5.41, 5.74) is 11.7. The second-order valence-electron chi connectivity index (χ2n) is 24.0. The molecule has 4 aromatic rings. The molecule has 1 aromatic carbocycles. The zero-order valence-corrected chi connectivity index (χ0v) is 45.6. The van der Waals surface area contributed by atoms with Gasteiger partial charge in [-0.25, -0.2) is 5.43 Å². The highest BCUT2D eigenvalue weighted by molar-refractivity contribution is 5.95. The summed E-state index contributed by atoms with van der Waals surface area (Å²) in [6.07, 6.45) is 13.1. The fourth-order valence-corrected chi connectivity index (χ4v) is 13.6. The first-order chi connectivity index (χ1) is 36.3. The van der Waals surface area contributed by atoms with E-state index in [-0.39, 0.29) is 55.0 Å². The Morgan fingerprint density at radius 3 is 2.49 bits per heavy atom. The van der Waals surface area contributed by atoms with Gasteiger partial charge in [-0.3, -0.25) is 39.2 Å². The van der Waals surface area contributed by atoms with E-state index < -0.39 is 23.5 Å². The summed E-state index contributed by atoms with van der Waals surface area (Å²) in [6.45, 7) is 20.8. The lowest BCUT2D eigenvalue weighted by atomic mass is 9.84. The van der Waals surface area contributed by atoms with E-state index in [2.05, 4.69) is 112 Å². The molecule has 4 saturated heterocycles. The van der Waals surface area contributed by atoms with Crippen molar-refractivity contribution in [1.82, 2.24) is 40.1 Å². The van der Waals surface area contributed by atoms with Crippen LogP contribution in [0.1, 0.15) is 122 Å². The minimum Gasteiger partial charge on any atom is -0.464 e. The number of amides is 2. The predicted octanol–water partition coefficient (Wildman–Crippen LogP) is 7.10. The standard InChI is InChI=1S/C59H82N10O6/c1-8-67-52-18-17-41-28-45(52)48(55(67)47-29-42(34-61-53(47)38(4)73-7)65-24-22-64(23-25-65)40-15-16-40)32-59(5,6)36-75-58(72)49-13-10-21-69(63-49)57(71)50(30-43-35-66(41)26-27-74-43)62-56(70)54(37(2)3)68-20-11-14-51(68)46-31-44(46)39-12-9-19-60-33-39/h9,12,17-19,28-29,33-34,37-38,40,43-44,46,49-51,54,63H,8,10-11,13-16,20-27,30-32,35-36H2,1-7H3,(H,62,70)/t38-,43-,44-,46+,49-,50-,51-,54-/m0/s1. The number of benzene rings is 1. The van der Waals surface area contributed by atoms with Crippen LogP contribution >= 0.6 is 0 Å². The lowest BCUT2D eigenvalue weighted by molar-refractivity contribution is -0.156. The Morgan fingerprint density at radius 1 is 0.933 bits per heavy atom. The second kappa shape index (κ2) is 21.7. The van der Waals surface area contributed by atoms with Gasteiger partial charge in [-0.2, -0.15) is 0 Å². The number of methoxy groups -OCH3 is 1. The van der Waals surface area contributed by atoms with Gasteiger partial charge in [-0.1, -0.05) is 33.8 Å². The van der Waals surface area contributed by atoms with Gasteiger partial charge in [-0.05, 0) is 131 Å². The number of pyridine rings is 2. The summed E-state index contributed by atoms with van der Waals surface area (Å²) in [5.74, 6) is 0.151. The fraction of sp³-hybridized carbons (Fsp3) is 0.644. The molecule has 404 valence electrons. The number of aryl methyl sites for hydroxylation is 1. The number of rotatable bonds is 12. The Morgan fingerprint density at radius 2 is 1.75 bits per heavy atom. The molecule has 8 heterocycles. The molecule has 2 aliphatic carbocycles. The van der Waals surface area contributed by atoms with Gasteiger partial charge in [0, 0.05) is 118 Å². The number of carbonyl (C=O) groups is 3. The number of anilines is 2. The van der Waals surface area contributed by atoms with Gasteiger partial charge in [-0.15, -0.1) is 0 Å². The van der Waals surface area contributed by atoms with Crippen molar-refractivity contribution in [1.29, 1.82) is 0 Å². The van der Waals surface area contributed by atoms with Crippen LogP contribution < -0.4 is 20.5 Å². The monoisotopic (exact) mass is 1030 g/mol. The molecule has 0 radical (unpaired) electrons. The van der Waals surface area contributed by atoms with E-state index >= 15 is 0 Å². The normalized spacial score (nSPS) is 27.8. The Balaban J connectivity index is 0.931. The number of esters is 1. The average molecular weight is 1030 g/mol. The summed E-state index contributed by atoms with van der Waals surface area (Å²) >= 11 is 0. The molecule has 3 aromatic heterocycles. The number of aromatic nitrogens is 3. The minimum atomic E-state index is -0.890. The van der Waals surface area contributed by atoms with Gasteiger partial charge >= 0.3 is 5.97 Å². The van der Waals surface area contributed by atoms with E-state index in [1.54, 1.807) is 12.1 Å². The number of hydrogen-bond acceptors (Lipinski definition) is 13. The summed E-state index contributed by atoms with van der Waals surface area (Å²) < 4.78 is 21.4. The molecule has 5 aliphatic heterocycles. The Kier molecular flexibility index (Phi) is 15.0. The van der Waals surface area contributed by atoms with Crippen LogP contribution in [0, 0.1) is 17.3 Å². The zero-order valence-electron chi connectivity index (χ0n) is 45.6. The highest BCUT2D eigenvalue weighted by atomic mass is 16.5. The van der Waals surface area contributed by atoms with Gasteiger partial charge in [0.25, 0.3) is 5.91 Å². The Bertz CT molecular complexity index is 2700. The number of morpholine rings is 1. The van der Waals surface area contributed by atoms with Crippen molar-refractivity contribution < 1.29 is 28.6 Å². The summed E-state index contributed by atoms with van der Waals surface area (Å²) in [5, 5.41) is 6.05.